The Balaban J connectivity index is 1.22. The van der Waals surface area contributed by atoms with E-state index in [9.17, 15) is 14.4 Å². The molecule has 41 heavy (non-hydrogen) atoms. The zero-order chi connectivity index (χ0) is 29.7. The zero-order valence-electron chi connectivity index (χ0n) is 25.3. The second kappa shape index (κ2) is 11.0. The molecule has 1 aromatic heterocycles. The van der Waals surface area contributed by atoms with E-state index in [1.165, 1.54) is 4.68 Å². The summed E-state index contributed by atoms with van der Waals surface area (Å²) in [5, 5.41) is 7.55. The molecule has 224 valence electrons. The highest BCUT2D eigenvalue weighted by molar-refractivity contribution is 6.02. The summed E-state index contributed by atoms with van der Waals surface area (Å²) in [5.41, 5.74) is 1.14. The molecule has 3 fully saturated rings. The predicted octanol–water partition coefficient (Wildman–Crippen LogP) is 4.70. The second-order valence-electron chi connectivity index (χ2n) is 13.8. The number of fused-ring (bicyclic) bond motifs is 1. The van der Waals surface area contributed by atoms with Gasteiger partial charge in [0.2, 0.25) is 11.8 Å². The van der Waals surface area contributed by atoms with Crippen LogP contribution in [-0.4, -0.2) is 75.8 Å². The minimum absolute atomic E-state index is 0.0249. The number of aryl methyl sites for hydroxylation is 1. The Morgan fingerprint density at radius 3 is 2.46 bits per heavy atom. The SMILES string of the molecule is Cn1nc(C2CCC(=O)NC2=O)c2ccc(C3CCN(C[C@H]4CCN(C(=O)OC(C)(C)C)CC4(C)C)CC3)c(F)c21. The molecular weight excluding hydrogens is 525 g/mol. The fraction of sp³-hybridized carbons (Fsp3) is 0.677. The Kier molecular flexibility index (Phi) is 7.91. The van der Waals surface area contributed by atoms with Crippen LogP contribution in [0.25, 0.3) is 10.9 Å². The number of aromatic nitrogens is 2. The van der Waals surface area contributed by atoms with E-state index in [0.717, 1.165) is 38.9 Å². The molecule has 0 radical (unpaired) electrons. The van der Waals surface area contributed by atoms with E-state index in [-0.39, 0.29) is 41.5 Å². The first-order valence-electron chi connectivity index (χ1n) is 14.9. The van der Waals surface area contributed by atoms with Gasteiger partial charge in [0.15, 0.2) is 5.82 Å². The van der Waals surface area contributed by atoms with Crippen molar-refractivity contribution < 1.29 is 23.5 Å². The van der Waals surface area contributed by atoms with E-state index < -0.39 is 11.5 Å². The van der Waals surface area contributed by atoms with Crippen LogP contribution in [0.4, 0.5) is 9.18 Å². The van der Waals surface area contributed by atoms with Crippen LogP contribution in [0.1, 0.15) is 89.8 Å². The van der Waals surface area contributed by atoms with E-state index in [1.54, 1.807) is 7.05 Å². The quantitative estimate of drug-likeness (QED) is 0.537. The highest BCUT2D eigenvalue weighted by Gasteiger charge is 2.40. The van der Waals surface area contributed by atoms with Gasteiger partial charge in [0.1, 0.15) is 11.1 Å². The van der Waals surface area contributed by atoms with Gasteiger partial charge < -0.3 is 14.5 Å². The van der Waals surface area contributed by atoms with E-state index in [1.807, 2.05) is 37.8 Å². The summed E-state index contributed by atoms with van der Waals surface area (Å²) >= 11 is 0. The third kappa shape index (κ3) is 6.12. The van der Waals surface area contributed by atoms with Crippen LogP contribution in [0, 0.1) is 17.2 Å². The standard InChI is InChI=1S/C31H44FN5O4/c1-30(2,3)41-29(40)37-16-13-20(31(4,5)18-37)17-36-14-11-19(12-15-36)21-7-8-22-26(34-35(6)27(22)25(21)32)23-9-10-24(38)33-28(23)39/h7-8,19-20,23H,9-18H2,1-6H3,(H,33,38,39)/t20-,23?/m1/s1. The molecule has 2 atom stereocenters. The third-order valence-corrected chi connectivity index (χ3v) is 9.18. The molecule has 4 heterocycles. The van der Waals surface area contributed by atoms with Gasteiger partial charge in [-0.25, -0.2) is 9.18 Å². The molecule has 3 amide bonds. The second-order valence-corrected chi connectivity index (χ2v) is 13.8. The Hall–Kier alpha value is -3.01. The summed E-state index contributed by atoms with van der Waals surface area (Å²) in [6.07, 6.45) is 3.09. The Labute approximate surface area is 241 Å². The highest BCUT2D eigenvalue weighted by atomic mass is 19.1. The molecule has 3 aliphatic rings. The minimum Gasteiger partial charge on any atom is -0.444 e. The topological polar surface area (TPSA) is 96.8 Å². The van der Waals surface area contributed by atoms with Crippen molar-refractivity contribution in [2.75, 3.05) is 32.7 Å². The molecule has 1 unspecified atom stereocenters. The first-order chi connectivity index (χ1) is 19.2. The molecule has 0 saturated carbocycles. The summed E-state index contributed by atoms with van der Waals surface area (Å²) in [6, 6.07) is 3.76. The van der Waals surface area contributed by atoms with Crippen molar-refractivity contribution in [1.82, 2.24) is 24.9 Å². The van der Waals surface area contributed by atoms with Gasteiger partial charge in [0, 0.05) is 38.5 Å². The van der Waals surface area contributed by atoms with Crippen LogP contribution in [0.2, 0.25) is 0 Å². The predicted molar refractivity (Wildman–Crippen MR) is 154 cm³/mol. The average molecular weight is 570 g/mol. The smallest absolute Gasteiger partial charge is 0.410 e. The molecule has 5 rings (SSSR count). The van der Waals surface area contributed by atoms with Gasteiger partial charge in [-0.15, -0.1) is 0 Å². The van der Waals surface area contributed by atoms with E-state index >= 15 is 4.39 Å². The number of halogens is 1. The van der Waals surface area contributed by atoms with Gasteiger partial charge in [0.25, 0.3) is 0 Å². The van der Waals surface area contributed by atoms with Gasteiger partial charge in [-0.05, 0) is 82.4 Å². The molecule has 9 nitrogen and oxygen atoms in total. The Bertz CT molecular complexity index is 1340. The van der Waals surface area contributed by atoms with Crippen LogP contribution in [0.5, 0.6) is 0 Å². The highest BCUT2D eigenvalue weighted by Crippen LogP contribution is 2.39. The van der Waals surface area contributed by atoms with Gasteiger partial charge >= 0.3 is 6.09 Å². The van der Waals surface area contributed by atoms with Crippen LogP contribution >= 0.6 is 0 Å². The first-order valence-corrected chi connectivity index (χ1v) is 14.9. The lowest BCUT2D eigenvalue weighted by Gasteiger charge is -2.46. The van der Waals surface area contributed by atoms with Gasteiger partial charge in [-0.2, -0.15) is 5.10 Å². The monoisotopic (exact) mass is 569 g/mol. The number of likely N-dealkylation sites (tertiary alicyclic amines) is 2. The number of amides is 3. The number of piperidine rings is 3. The third-order valence-electron chi connectivity index (χ3n) is 9.18. The molecule has 0 bridgehead atoms. The number of benzene rings is 1. The van der Waals surface area contributed by atoms with Crippen molar-refractivity contribution in [2.45, 2.75) is 84.2 Å². The lowest BCUT2D eigenvalue weighted by Crippen LogP contribution is -2.52. The fourth-order valence-electron chi connectivity index (χ4n) is 6.86. The average Bonchev–Trinajstić information content (AvgIpc) is 3.21. The van der Waals surface area contributed by atoms with Gasteiger partial charge in [-0.1, -0.05) is 26.0 Å². The van der Waals surface area contributed by atoms with Crippen molar-refractivity contribution in [3.63, 3.8) is 0 Å². The number of hydrogen-bond acceptors (Lipinski definition) is 6. The lowest BCUT2D eigenvalue weighted by atomic mass is 9.73. The van der Waals surface area contributed by atoms with Crippen molar-refractivity contribution in [1.29, 1.82) is 0 Å². The number of hydrogen-bond donors (Lipinski definition) is 1. The molecule has 10 heteroatoms. The number of carbonyl (C=O) groups excluding carboxylic acids is 3. The summed E-state index contributed by atoms with van der Waals surface area (Å²) in [5.74, 6) is -0.870. The Morgan fingerprint density at radius 2 is 1.83 bits per heavy atom. The number of ether oxygens (including phenoxy) is 1. The molecule has 3 aliphatic heterocycles. The summed E-state index contributed by atoms with van der Waals surface area (Å²) in [6.45, 7) is 14.3. The van der Waals surface area contributed by atoms with Crippen molar-refractivity contribution in [3.05, 3.63) is 29.2 Å². The van der Waals surface area contributed by atoms with Crippen molar-refractivity contribution >= 4 is 28.8 Å². The fourth-order valence-corrected chi connectivity index (χ4v) is 6.86. The number of carbonyl (C=O) groups is 3. The maximum absolute atomic E-state index is 16.0. The maximum Gasteiger partial charge on any atom is 0.410 e. The summed E-state index contributed by atoms with van der Waals surface area (Å²) in [7, 11) is 1.71. The van der Waals surface area contributed by atoms with Crippen molar-refractivity contribution in [3.8, 4) is 0 Å². The zero-order valence-corrected chi connectivity index (χ0v) is 25.3. The molecule has 0 spiro atoms. The summed E-state index contributed by atoms with van der Waals surface area (Å²) in [4.78, 5) is 41.0. The molecule has 1 aromatic carbocycles. The number of nitrogens with zero attached hydrogens (tertiary/aromatic N) is 4. The molecule has 1 N–H and O–H groups in total. The Morgan fingerprint density at radius 1 is 1.12 bits per heavy atom. The molecular formula is C31H44FN5O4. The van der Waals surface area contributed by atoms with Crippen LogP contribution < -0.4 is 5.32 Å². The van der Waals surface area contributed by atoms with Gasteiger partial charge in [-0.3, -0.25) is 19.6 Å². The minimum atomic E-state index is -0.551. The number of rotatable bonds is 4. The van der Waals surface area contributed by atoms with E-state index in [4.69, 9.17) is 4.74 Å². The first kappa shape index (κ1) is 29.5. The lowest BCUT2D eigenvalue weighted by molar-refractivity contribution is -0.134. The number of imide groups is 1. The largest absolute Gasteiger partial charge is 0.444 e. The van der Waals surface area contributed by atoms with Crippen LogP contribution in [0.3, 0.4) is 0 Å². The number of nitrogens with one attached hydrogen (secondary N) is 1. The normalized spacial score (nSPS) is 24.5. The van der Waals surface area contributed by atoms with Gasteiger partial charge in [0.05, 0.1) is 11.6 Å². The maximum atomic E-state index is 16.0. The van der Waals surface area contributed by atoms with E-state index in [2.05, 4.69) is 29.2 Å². The van der Waals surface area contributed by atoms with Crippen LogP contribution in [0.15, 0.2) is 12.1 Å². The summed E-state index contributed by atoms with van der Waals surface area (Å²) < 4.78 is 23.1. The van der Waals surface area contributed by atoms with Crippen molar-refractivity contribution in [2.24, 2.45) is 18.4 Å². The van der Waals surface area contributed by atoms with Crippen LogP contribution in [-0.2, 0) is 21.4 Å². The molecule has 2 aromatic rings. The van der Waals surface area contributed by atoms with E-state index in [0.29, 0.717) is 47.6 Å². The molecule has 0 aliphatic carbocycles. The molecule has 3 saturated heterocycles.